The number of nitrogens with zero attached hydrogens (tertiary/aromatic N) is 1. The number of rotatable bonds is 11. The van der Waals surface area contributed by atoms with Gasteiger partial charge in [0.25, 0.3) is 11.8 Å². The summed E-state index contributed by atoms with van der Waals surface area (Å²) in [6.07, 6.45) is 3.49. The van der Waals surface area contributed by atoms with Crippen molar-refractivity contribution in [2.75, 3.05) is 19.7 Å². The smallest absolute Gasteiger partial charge is 0.407 e. The van der Waals surface area contributed by atoms with Crippen molar-refractivity contribution in [1.29, 1.82) is 0 Å². The Morgan fingerprint density at radius 2 is 1.76 bits per heavy atom. The lowest BCUT2D eigenvalue weighted by Crippen LogP contribution is -2.52. The summed E-state index contributed by atoms with van der Waals surface area (Å²) in [6, 6.07) is 4.33. The lowest BCUT2D eigenvalue weighted by molar-refractivity contribution is -0.137. The Morgan fingerprint density at radius 1 is 1.05 bits per heavy atom. The zero-order valence-corrected chi connectivity index (χ0v) is 21.7. The highest BCUT2D eigenvalue weighted by molar-refractivity contribution is 6.05. The minimum Gasteiger partial charge on any atom is -0.483 e. The van der Waals surface area contributed by atoms with Gasteiger partial charge in [-0.15, -0.1) is 0 Å². The number of amides is 5. The minimum absolute atomic E-state index is 0.182. The third-order valence-corrected chi connectivity index (χ3v) is 5.99. The summed E-state index contributed by atoms with van der Waals surface area (Å²) in [5.74, 6) is -0.946. The number of piperidine rings is 1. The second-order valence-electron chi connectivity index (χ2n) is 10.2. The lowest BCUT2D eigenvalue weighted by Gasteiger charge is -2.29. The molecule has 1 unspecified atom stereocenters. The maximum Gasteiger partial charge on any atom is 0.407 e. The number of imide groups is 1. The van der Waals surface area contributed by atoms with Crippen molar-refractivity contribution < 1.29 is 33.4 Å². The fourth-order valence-electron chi connectivity index (χ4n) is 4.22. The number of unbranched alkanes of at least 4 members (excludes halogenated alkanes) is 3. The van der Waals surface area contributed by atoms with Crippen molar-refractivity contribution in [3.05, 3.63) is 29.3 Å². The van der Waals surface area contributed by atoms with E-state index in [9.17, 15) is 24.0 Å². The van der Waals surface area contributed by atoms with Crippen LogP contribution in [-0.2, 0) is 25.7 Å². The van der Waals surface area contributed by atoms with Crippen molar-refractivity contribution in [3.63, 3.8) is 0 Å². The number of hydrogen-bond acceptors (Lipinski definition) is 7. The highest BCUT2D eigenvalue weighted by Gasteiger charge is 2.40. The number of carbonyl (C=O) groups excluding carboxylic acids is 5. The molecule has 1 aromatic rings. The van der Waals surface area contributed by atoms with E-state index in [4.69, 9.17) is 9.47 Å². The Morgan fingerprint density at radius 3 is 2.43 bits per heavy atom. The maximum atomic E-state index is 12.9. The predicted octanol–water partition coefficient (Wildman–Crippen LogP) is 2.03. The SMILES string of the molecule is CC(C)(C)OC(=O)NCCCCCCNC(=O)COc1cccc2c1CN(C1CCC(=O)NC1=O)C2=O. The molecule has 37 heavy (non-hydrogen) atoms. The van der Waals surface area contributed by atoms with E-state index < -0.39 is 23.6 Å². The van der Waals surface area contributed by atoms with Crippen molar-refractivity contribution in [2.45, 2.75) is 77.5 Å². The first-order valence-electron chi connectivity index (χ1n) is 12.7. The molecular weight excluding hydrogens is 480 g/mol. The lowest BCUT2D eigenvalue weighted by atomic mass is 10.0. The van der Waals surface area contributed by atoms with Gasteiger partial charge in [-0.1, -0.05) is 18.9 Å². The molecule has 0 saturated carbocycles. The third-order valence-electron chi connectivity index (χ3n) is 5.99. The van der Waals surface area contributed by atoms with Crippen LogP contribution in [-0.4, -0.2) is 66.0 Å². The van der Waals surface area contributed by atoms with Gasteiger partial charge in [-0.05, 0) is 52.2 Å². The number of carbonyl (C=O) groups is 5. The fourth-order valence-corrected chi connectivity index (χ4v) is 4.22. The summed E-state index contributed by atoms with van der Waals surface area (Å²) in [7, 11) is 0. The van der Waals surface area contributed by atoms with Gasteiger partial charge in [-0.25, -0.2) is 4.79 Å². The van der Waals surface area contributed by atoms with Crippen molar-refractivity contribution in [1.82, 2.24) is 20.9 Å². The summed E-state index contributed by atoms with van der Waals surface area (Å²) in [6.45, 7) is 6.49. The van der Waals surface area contributed by atoms with Gasteiger partial charge < -0.3 is 25.0 Å². The summed E-state index contributed by atoms with van der Waals surface area (Å²) < 4.78 is 10.9. The fraction of sp³-hybridized carbons (Fsp3) is 0.577. The molecule has 2 aliphatic heterocycles. The van der Waals surface area contributed by atoms with Crippen LogP contribution in [0.2, 0.25) is 0 Å². The first-order chi connectivity index (χ1) is 17.5. The maximum absolute atomic E-state index is 12.9. The molecule has 11 nitrogen and oxygen atoms in total. The van der Waals surface area contributed by atoms with Gasteiger partial charge in [0.15, 0.2) is 6.61 Å². The molecule has 2 heterocycles. The summed E-state index contributed by atoms with van der Waals surface area (Å²) in [5.41, 5.74) is 0.550. The zero-order valence-electron chi connectivity index (χ0n) is 21.7. The van der Waals surface area contributed by atoms with E-state index in [1.807, 2.05) is 20.8 Å². The van der Waals surface area contributed by atoms with E-state index in [1.54, 1.807) is 18.2 Å². The van der Waals surface area contributed by atoms with Crippen molar-refractivity contribution in [3.8, 4) is 5.75 Å². The predicted molar refractivity (Wildman–Crippen MR) is 134 cm³/mol. The summed E-state index contributed by atoms with van der Waals surface area (Å²) in [4.78, 5) is 61.8. The molecule has 0 aliphatic carbocycles. The van der Waals surface area contributed by atoms with Gasteiger partial charge in [-0.3, -0.25) is 24.5 Å². The molecule has 2 aliphatic rings. The van der Waals surface area contributed by atoms with E-state index in [1.165, 1.54) is 4.90 Å². The van der Waals surface area contributed by atoms with E-state index in [0.717, 1.165) is 25.7 Å². The largest absolute Gasteiger partial charge is 0.483 e. The highest BCUT2D eigenvalue weighted by atomic mass is 16.6. The normalized spacial score (nSPS) is 17.2. The van der Waals surface area contributed by atoms with Crippen molar-refractivity contribution in [2.24, 2.45) is 0 Å². The second kappa shape index (κ2) is 12.6. The molecular formula is C26H36N4O7. The van der Waals surface area contributed by atoms with Crippen LogP contribution in [0.5, 0.6) is 5.75 Å². The topological polar surface area (TPSA) is 143 Å². The monoisotopic (exact) mass is 516 g/mol. The Balaban J connectivity index is 1.34. The summed E-state index contributed by atoms with van der Waals surface area (Å²) in [5, 5.41) is 7.82. The number of nitrogens with one attached hydrogen (secondary N) is 3. The Labute approximate surface area is 216 Å². The molecule has 0 aromatic heterocycles. The number of hydrogen-bond donors (Lipinski definition) is 3. The first-order valence-corrected chi connectivity index (χ1v) is 12.7. The van der Waals surface area contributed by atoms with Gasteiger partial charge in [0.05, 0.1) is 6.54 Å². The van der Waals surface area contributed by atoms with Gasteiger partial charge >= 0.3 is 6.09 Å². The number of benzene rings is 1. The molecule has 3 rings (SSSR count). The van der Waals surface area contributed by atoms with Gasteiger partial charge in [0.2, 0.25) is 11.8 Å². The first kappa shape index (κ1) is 27.9. The van der Waals surface area contributed by atoms with Crippen LogP contribution in [0, 0.1) is 0 Å². The van der Waals surface area contributed by atoms with E-state index in [0.29, 0.717) is 30.0 Å². The molecule has 1 fully saturated rings. The quantitative estimate of drug-likeness (QED) is 0.302. The molecule has 11 heteroatoms. The van der Waals surface area contributed by atoms with Gasteiger partial charge in [0, 0.05) is 30.6 Å². The Kier molecular flexibility index (Phi) is 9.48. The molecule has 1 aromatic carbocycles. The van der Waals surface area contributed by atoms with Crippen LogP contribution in [0.1, 0.15) is 75.2 Å². The number of alkyl carbamates (subject to hydrolysis) is 1. The standard InChI is InChI=1S/C26H36N4O7/c1-26(2,3)37-25(35)28-14-7-5-4-6-13-27-22(32)16-36-20-10-8-9-17-18(20)15-30(24(17)34)19-11-12-21(31)29-23(19)33/h8-10,19H,4-7,11-16H2,1-3H3,(H,27,32)(H,28,35)(H,29,31,33). The number of fused-ring (bicyclic) bond motifs is 1. The van der Waals surface area contributed by atoms with Crippen LogP contribution in [0.4, 0.5) is 4.79 Å². The van der Waals surface area contributed by atoms with E-state index >= 15 is 0 Å². The zero-order chi connectivity index (χ0) is 27.0. The molecule has 0 spiro atoms. The molecule has 0 bridgehead atoms. The summed E-state index contributed by atoms with van der Waals surface area (Å²) >= 11 is 0. The number of ether oxygens (including phenoxy) is 2. The van der Waals surface area contributed by atoms with Crippen LogP contribution in [0.3, 0.4) is 0 Å². The molecule has 1 atom stereocenters. The Hall–Kier alpha value is -3.63. The second-order valence-corrected chi connectivity index (χ2v) is 10.2. The average molecular weight is 517 g/mol. The van der Waals surface area contributed by atoms with Crippen LogP contribution >= 0.6 is 0 Å². The molecule has 5 amide bonds. The third kappa shape index (κ3) is 8.19. The average Bonchev–Trinajstić information content (AvgIpc) is 3.15. The van der Waals surface area contributed by atoms with Crippen LogP contribution in [0.15, 0.2) is 18.2 Å². The van der Waals surface area contributed by atoms with E-state index in [-0.39, 0.29) is 43.7 Å². The van der Waals surface area contributed by atoms with Crippen LogP contribution in [0.25, 0.3) is 0 Å². The molecule has 202 valence electrons. The van der Waals surface area contributed by atoms with E-state index in [2.05, 4.69) is 16.0 Å². The Bertz CT molecular complexity index is 1030. The van der Waals surface area contributed by atoms with Crippen LogP contribution < -0.4 is 20.7 Å². The minimum atomic E-state index is -0.707. The highest BCUT2D eigenvalue weighted by Crippen LogP contribution is 2.33. The van der Waals surface area contributed by atoms with Crippen molar-refractivity contribution >= 4 is 29.7 Å². The molecule has 0 radical (unpaired) electrons. The molecule has 3 N–H and O–H groups in total. The van der Waals surface area contributed by atoms with Gasteiger partial charge in [0.1, 0.15) is 17.4 Å². The molecule has 1 saturated heterocycles. The van der Waals surface area contributed by atoms with Gasteiger partial charge in [-0.2, -0.15) is 0 Å².